The molecule has 2 amide bonds. The molecule has 0 aromatic carbocycles. The number of amides is 2. The lowest BCUT2D eigenvalue weighted by molar-refractivity contribution is -0.145. The number of nitrogens with one attached hydrogen (secondary N) is 2. The van der Waals surface area contributed by atoms with Crippen molar-refractivity contribution in [2.45, 2.75) is 18.9 Å². The zero-order valence-corrected chi connectivity index (χ0v) is 9.43. The number of carbonyl (C=O) groups is 3. The molecule has 0 aliphatic heterocycles. The van der Waals surface area contributed by atoms with E-state index >= 15 is 0 Å². The van der Waals surface area contributed by atoms with Gasteiger partial charge in [-0.2, -0.15) is 0 Å². The lowest BCUT2D eigenvalue weighted by Crippen LogP contribution is -2.47. The van der Waals surface area contributed by atoms with E-state index in [1.165, 1.54) is 7.11 Å². The molecule has 0 saturated carbocycles. The highest BCUT2D eigenvalue weighted by Crippen LogP contribution is 1.92. The molecule has 0 aromatic rings. The number of ether oxygens (including phenoxy) is 1. The number of rotatable bonds is 8. The van der Waals surface area contributed by atoms with E-state index in [1.54, 1.807) is 0 Å². The molecule has 1 unspecified atom stereocenters. The molecule has 1 atom stereocenters. The fraction of sp³-hybridized carbons (Fsp3) is 0.667. The fourth-order valence-corrected chi connectivity index (χ4v) is 1.00. The van der Waals surface area contributed by atoms with Crippen LogP contribution in [0, 0.1) is 0 Å². The molecule has 0 saturated heterocycles. The lowest BCUT2D eigenvalue weighted by Gasteiger charge is -2.13. The van der Waals surface area contributed by atoms with Gasteiger partial charge in [-0.3, -0.25) is 4.79 Å². The van der Waals surface area contributed by atoms with Gasteiger partial charge in [-0.15, -0.1) is 0 Å². The van der Waals surface area contributed by atoms with Crippen LogP contribution in [0.1, 0.15) is 12.8 Å². The van der Waals surface area contributed by atoms with E-state index in [2.05, 4.69) is 10.6 Å². The smallest absolute Gasteiger partial charge is 0.326 e. The van der Waals surface area contributed by atoms with Crippen LogP contribution in [-0.2, 0) is 14.3 Å². The molecule has 0 fully saturated rings. The Hall–Kier alpha value is -1.83. The quantitative estimate of drug-likeness (QED) is 0.419. The third kappa shape index (κ3) is 8.03. The Bertz CT molecular complexity index is 281. The predicted octanol–water partition coefficient (Wildman–Crippen LogP) is -0.750. The molecular formula is C9H16N2O6. The Morgan fingerprint density at radius 1 is 1.29 bits per heavy atom. The molecule has 0 spiro atoms. The summed E-state index contributed by atoms with van der Waals surface area (Å²) in [5.41, 5.74) is 0. The van der Waals surface area contributed by atoms with Gasteiger partial charge < -0.3 is 25.6 Å². The minimum Gasteiger partial charge on any atom is -0.481 e. The number of aliphatic carboxylic acids is 2. The largest absolute Gasteiger partial charge is 0.481 e. The van der Waals surface area contributed by atoms with Crippen molar-refractivity contribution in [2.24, 2.45) is 0 Å². The molecule has 8 nitrogen and oxygen atoms in total. The van der Waals surface area contributed by atoms with E-state index in [0.717, 1.165) is 0 Å². The Morgan fingerprint density at radius 2 is 1.94 bits per heavy atom. The maximum atomic E-state index is 11.2. The van der Waals surface area contributed by atoms with Crippen LogP contribution < -0.4 is 10.6 Å². The zero-order chi connectivity index (χ0) is 13.3. The second-order valence-corrected chi connectivity index (χ2v) is 3.24. The molecule has 17 heavy (non-hydrogen) atoms. The summed E-state index contributed by atoms with van der Waals surface area (Å²) in [4.78, 5) is 32.1. The van der Waals surface area contributed by atoms with Gasteiger partial charge in [-0.1, -0.05) is 0 Å². The summed E-state index contributed by atoms with van der Waals surface area (Å²) in [7, 11) is 1.52. The Kier molecular flexibility index (Phi) is 7.44. The molecule has 0 rings (SSSR count). The summed E-state index contributed by atoms with van der Waals surface area (Å²) in [5.74, 6) is -2.68. The maximum absolute atomic E-state index is 11.2. The van der Waals surface area contributed by atoms with Crippen molar-refractivity contribution in [3.8, 4) is 0 Å². The van der Waals surface area contributed by atoms with Crippen molar-refractivity contribution in [3.05, 3.63) is 0 Å². The minimum absolute atomic E-state index is 0.319. The van der Waals surface area contributed by atoms with Crippen molar-refractivity contribution in [1.29, 1.82) is 0 Å². The summed E-state index contributed by atoms with van der Waals surface area (Å²) >= 11 is 0. The average molecular weight is 248 g/mol. The Balaban J connectivity index is 3.96. The van der Waals surface area contributed by atoms with Gasteiger partial charge in [0.2, 0.25) is 0 Å². The fourth-order valence-electron chi connectivity index (χ4n) is 1.00. The number of carboxylic acids is 2. The molecule has 0 aliphatic rings. The van der Waals surface area contributed by atoms with Gasteiger partial charge in [0, 0.05) is 20.3 Å². The Labute approximate surface area is 97.9 Å². The standard InChI is InChI=1S/C9H16N2O6/c1-17-4-2-3-10-9(16)11-6(8(14)15)5-7(12)13/h6H,2-5H2,1H3,(H,12,13)(H,14,15)(H2,10,11,16). The van der Waals surface area contributed by atoms with Crippen LogP contribution in [0.15, 0.2) is 0 Å². The van der Waals surface area contributed by atoms with Crippen molar-refractivity contribution >= 4 is 18.0 Å². The number of hydrogen-bond acceptors (Lipinski definition) is 4. The third-order valence-electron chi connectivity index (χ3n) is 1.79. The first-order chi connectivity index (χ1) is 7.97. The molecule has 8 heteroatoms. The van der Waals surface area contributed by atoms with Gasteiger partial charge in [0.05, 0.1) is 6.42 Å². The summed E-state index contributed by atoms with van der Waals surface area (Å²) in [6.45, 7) is 0.789. The van der Waals surface area contributed by atoms with Crippen LogP contribution in [0.5, 0.6) is 0 Å². The van der Waals surface area contributed by atoms with Crippen LogP contribution in [0.2, 0.25) is 0 Å². The van der Waals surface area contributed by atoms with Crippen LogP contribution in [0.3, 0.4) is 0 Å². The first-order valence-corrected chi connectivity index (χ1v) is 4.95. The van der Waals surface area contributed by atoms with Gasteiger partial charge in [0.1, 0.15) is 6.04 Å². The van der Waals surface area contributed by atoms with Crippen LogP contribution in [0.25, 0.3) is 0 Å². The summed E-state index contributed by atoms with van der Waals surface area (Å²) in [5, 5.41) is 21.5. The number of urea groups is 1. The van der Waals surface area contributed by atoms with E-state index < -0.39 is 30.4 Å². The van der Waals surface area contributed by atoms with Gasteiger partial charge in [0.25, 0.3) is 0 Å². The minimum atomic E-state index is -1.44. The summed E-state index contributed by atoms with van der Waals surface area (Å²) in [6, 6.07) is -2.15. The molecule has 4 N–H and O–H groups in total. The number of carbonyl (C=O) groups excluding carboxylic acids is 1. The van der Waals surface area contributed by atoms with Gasteiger partial charge in [-0.05, 0) is 6.42 Å². The molecular weight excluding hydrogens is 232 g/mol. The first-order valence-electron chi connectivity index (χ1n) is 4.95. The number of methoxy groups -OCH3 is 1. The zero-order valence-electron chi connectivity index (χ0n) is 9.43. The van der Waals surface area contributed by atoms with Gasteiger partial charge in [-0.25, -0.2) is 9.59 Å². The van der Waals surface area contributed by atoms with Crippen LogP contribution >= 0.6 is 0 Å². The number of hydrogen-bond donors (Lipinski definition) is 4. The van der Waals surface area contributed by atoms with Crippen LogP contribution in [-0.4, -0.2) is 54.5 Å². The van der Waals surface area contributed by atoms with Crippen molar-refractivity contribution in [3.63, 3.8) is 0 Å². The molecule has 0 radical (unpaired) electrons. The third-order valence-corrected chi connectivity index (χ3v) is 1.79. The monoisotopic (exact) mass is 248 g/mol. The molecule has 0 aromatic heterocycles. The highest BCUT2D eigenvalue weighted by atomic mass is 16.5. The molecule has 0 bridgehead atoms. The van der Waals surface area contributed by atoms with E-state index in [4.69, 9.17) is 14.9 Å². The topological polar surface area (TPSA) is 125 Å². The lowest BCUT2D eigenvalue weighted by atomic mass is 10.2. The van der Waals surface area contributed by atoms with E-state index in [-0.39, 0.29) is 0 Å². The predicted molar refractivity (Wildman–Crippen MR) is 56.7 cm³/mol. The second kappa shape index (κ2) is 8.34. The van der Waals surface area contributed by atoms with Crippen molar-refractivity contribution in [2.75, 3.05) is 20.3 Å². The van der Waals surface area contributed by atoms with E-state index in [0.29, 0.717) is 19.6 Å². The number of carboxylic acid groups (broad SMARTS) is 2. The van der Waals surface area contributed by atoms with Gasteiger partial charge in [0.15, 0.2) is 0 Å². The second-order valence-electron chi connectivity index (χ2n) is 3.24. The van der Waals surface area contributed by atoms with E-state index in [1.807, 2.05) is 0 Å². The van der Waals surface area contributed by atoms with Crippen LogP contribution in [0.4, 0.5) is 4.79 Å². The molecule has 0 aliphatic carbocycles. The maximum Gasteiger partial charge on any atom is 0.326 e. The average Bonchev–Trinajstić information content (AvgIpc) is 2.22. The normalized spacial score (nSPS) is 11.6. The first kappa shape index (κ1) is 15.2. The van der Waals surface area contributed by atoms with Gasteiger partial charge >= 0.3 is 18.0 Å². The Morgan fingerprint density at radius 3 is 2.41 bits per heavy atom. The van der Waals surface area contributed by atoms with Crippen molar-refractivity contribution in [1.82, 2.24) is 10.6 Å². The molecule has 98 valence electrons. The van der Waals surface area contributed by atoms with Crippen molar-refractivity contribution < 1.29 is 29.3 Å². The molecule has 0 heterocycles. The van der Waals surface area contributed by atoms with E-state index in [9.17, 15) is 14.4 Å². The SMILES string of the molecule is COCCCNC(=O)NC(CC(=O)O)C(=O)O. The summed E-state index contributed by atoms with van der Waals surface area (Å²) in [6.07, 6.45) is -0.0819. The highest BCUT2D eigenvalue weighted by Gasteiger charge is 2.22. The summed E-state index contributed by atoms with van der Waals surface area (Å²) < 4.78 is 4.75. The highest BCUT2D eigenvalue weighted by molar-refractivity contribution is 5.86.